The van der Waals surface area contributed by atoms with Gasteiger partial charge in [0.25, 0.3) is 0 Å². The summed E-state index contributed by atoms with van der Waals surface area (Å²) in [6.07, 6.45) is 11.9. The first kappa shape index (κ1) is 13.1. The number of carbonyl (C=O) groups is 1. The Morgan fingerprint density at radius 2 is 1.83 bits per heavy atom. The van der Waals surface area contributed by atoms with Crippen molar-refractivity contribution < 1.29 is 9.53 Å². The third kappa shape index (κ3) is 3.12. The molecule has 0 unspecified atom stereocenters. The second-order valence-corrected chi connectivity index (χ2v) is 6.11. The highest BCUT2D eigenvalue weighted by atomic mass is 16.5. The zero-order chi connectivity index (χ0) is 13.2. The molecule has 0 N–H and O–H groups in total. The third-order valence-electron chi connectivity index (χ3n) is 3.36. The van der Waals surface area contributed by atoms with E-state index in [4.69, 9.17) is 4.74 Å². The van der Waals surface area contributed by atoms with Crippen LogP contribution in [0, 0.1) is 5.41 Å². The van der Waals surface area contributed by atoms with E-state index in [1.54, 1.807) is 0 Å². The Morgan fingerprint density at radius 1 is 1.17 bits per heavy atom. The summed E-state index contributed by atoms with van der Waals surface area (Å²) in [6, 6.07) is 0. The summed E-state index contributed by atoms with van der Waals surface area (Å²) in [4.78, 5) is 11.9. The molecule has 0 heterocycles. The summed E-state index contributed by atoms with van der Waals surface area (Å²) in [7, 11) is 0. The number of ether oxygens (including phenoxy) is 1. The maximum atomic E-state index is 11.9. The van der Waals surface area contributed by atoms with Crippen LogP contribution in [0.3, 0.4) is 0 Å². The van der Waals surface area contributed by atoms with Crippen molar-refractivity contribution in [3.8, 4) is 0 Å². The fourth-order valence-electron chi connectivity index (χ4n) is 2.22. The van der Waals surface area contributed by atoms with Crippen molar-refractivity contribution in [3.63, 3.8) is 0 Å². The van der Waals surface area contributed by atoms with Crippen LogP contribution in [0.5, 0.6) is 0 Å². The Hall–Kier alpha value is -1.31. The molecule has 0 atom stereocenters. The van der Waals surface area contributed by atoms with Crippen LogP contribution < -0.4 is 0 Å². The summed E-state index contributed by atoms with van der Waals surface area (Å²) in [5.74, 6) is 0.639. The van der Waals surface area contributed by atoms with Crippen LogP contribution in [0.4, 0.5) is 0 Å². The van der Waals surface area contributed by atoms with E-state index in [2.05, 4.69) is 18.2 Å². The van der Waals surface area contributed by atoms with E-state index in [0.29, 0.717) is 0 Å². The fraction of sp³-hybridized carbons (Fsp3) is 0.562. The molecule has 0 bridgehead atoms. The van der Waals surface area contributed by atoms with Crippen LogP contribution in [0.25, 0.3) is 0 Å². The molecule has 2 aliphatic rings. The van der Waals surface area contributed by atoms with Crippen LogP contribution in [-0.2, 0) is 9.53 Å². The first-order valence-corrected chi connectivity index (χ1v) is 6.78. The summed E-state index contributed by atoms with van der Waals surface area (Å²) in [6.45, 7) is 5.65. The van der Waals surface area contributed by atoms with Gasteiger partial charge >= 0.3 is 5.97 Å². The molecule has 98 valence electrons. The van der Waals surface area contributed by atoms with Crippen LogP contribution in [0.15, 0.2) is 35.1 Å². The summed E-state index contributed by atoms with van der Waals surface area (Å²) < 4.78 is 5.52. The lowest BCUT2D eigenvalue weighted by molar-refractivity contribution is -0.148. The van der Waals surface area contributed by atoms with E-state index < -0.39 is 5.41 Å². The topological polar surface area (TPSA) is 26.3 Å². The van der Waals surface area contributed by atoms with Crippen molar-refractivity contribution in [1.82, 2.24) is 0 Å². The van der Waals surface area contributed by atoms with Gasteiger partial charge in [0.05, 0.1) is 5.41 Å². The minimum absolute atomic E-state index is 0.151. The molecule has 2 rings (SSSR count). The zero-order valence-corrected chi connectivity index (χ0v) is 11.6. The molecule has 2 heteroatoms. The molecule has 2 nitrogen and oxygen atoms in total. The molecule has 0 radical (unpaired) electrons. The van der Waals surface area contributed by atoms with Crippen molar-refractivity contribution in [2.45, 2.75) is 52.9 Å². The van der Waals surface area contributed by atoms with Gasteiger partial charge in [0, 0.05) is 6.42 Å². The van der Waals surface area contributed by atoms with Gasteiger partial charge in [-0.15, -0.1) is 0 Å². The highest BCUT2D eigenvalue weighted by molar-refractivity contribution is 5.76. The van der Waals surface area contributed by atoms with Crippen molar-refractivity contribution >= 4 is 5.97 Å². The Kier molecular flexibility index (Phi) is 3.74. The van der Waals surface area contributed by atoms with Gasteiger partial charge in [0.1, 0.15) is 5.76 Å². The zero-order valence-electron chi connectivity index (χ0n) is 11.6. The Bertz CT molecular complexity index is 431. The molecule has 0 aromatic carbocycles. The summed E-state index contributed by atoms with van der Waals surface area (Å²) >= 11 is 0. The molecular formula is C16H22O2. The minimum atomic E-state index is -0.444. The van der Waals surface area contributed by atoms with Gasteiger partial charge in [0.2, 0.25) is 0 Å². The number of allylic oxidation sites excluding steroid dienone is 5. The van der Waals surface area contributed by atoms with Gasteiger partial charge in [-0.3, -0.25) is 4.79 Å². The fourth-order valence-corrected chi connectivity index (χ4v) is 2.22. The normalized spacial score (nSPS) is 20.1. The Labute approximate surface area is 109 Å². The summed E-state index contributed by atoms with van der Waals surface area (Å²) in [5, 5.41) is 0. The van der Waals surface area contributed by atoms with Crippen LogP contribution in [0.1, 0.15) is 52.9 Å². The second kappa shape index (κ2) is 5.13. The van der Waals surface area contributed by atoms with E-state index >= 15 is 0 Å². The lowest BCUT2D eigenvalue weighted by atomic mass is 9.92. The molecule has 0 amide bonds. The first-order valence-electron chi connectivity index (χ1n) is 6.78. The first-order chi connectivity index (χ1) is 8.47. The SMILES string of the molecule is CC(C)(C)C(=O)OC1=CC2=C(C=CC1)CCCC2. The average molecular weight is 246 g/mol. The highest BCUT2D eigenvalue weighted by Crippen LogP contribution is 2.31. The van der Waals surface area contributed by atoms with Crippen molar-refractivity contribution in [1.29, 1.82) is 0 Å². The van der Waals surface area contributed by atoms with Crippen molar-refractivity contribution in [2.24, 2.45) is 5.41 Å². The molecule has 0 aromatic rings. The van der Waals surface area contributed by atoms with E-state index in [0.717, 1.165) is 25.0 Å². The lowest BCUT2D eigenvalue weighted by Crippen LogP contribution is -2.22. The van der Waals surface area contributed by atoms with Gasteiger partial charge in [0.15, 0.2) is 0 Å². The number of esters is 1. The molecule has 0 saturated carbocycles. The monoisotopic (exact) mass is 246 g/mol. The standard InChI is InChI=1S/C16H22O2/c1-16(2,3)15(17)18-14-10-6-9-12-7-4-5-8-13(12)11-14/h6,9,11H,4-5,7-8,10H2,1-3H3. The Balaban J connectivity index is 2.15. The predicted octanol–water partition coefficient (Wildman–Crippen LogP) is 4.29. The van der Waals surface area contributed by atoms with Gasteiger partial charge in [-0.1, -0.05) is 12.2 Å². The quantitative estimate of drug-likeness (QED) is 0.645. The molecular weight excluding hydrogens is 224 g/mol. The number of carbonyl (C=O) groups excluding carboxylic acids is 1. The van der Waals surface area contributed by atoms with Crippen LogP contribution in [0.2, 0.25) is 0 Å². The lowest BCUT2D eigenvalue weighted by Gasteiger charge is -2.18. The molecule has 18 heavy (non-hydrogen) atoms. The molecule has 0 aliphatic heterocycles. The van der Waals surface area contributed by atoms with Crippen molar-refractivity contribution in [2.75, 3.05) is 0 Å². The molecule has 0 spiro atoms. The van der Waals surface area contributed by atoms with E-state index in [1.807, 2.05) is 20.8 Å². The number of hydrogen-bond acceptors (Lipinski definition) is 2. The molecule has 2 aliphatic carbocycles. The summed E-state index contributed by atoms with van der Waals surface area (Å²) in [5.41, 5.74) is 2.33. The maximum Gasteiger partial charge on any atom is 0.316 e. The average Bonchev–Trinajstić information content (AvgIpc) is 2.49. The number of hydrogen-bond donors (Lipinski definition) is 0. The smallest absolute Gasteiger partial charge is 0.316 e. The third-order valence-corrected chi connectivity index (χ3v) is 3.36. The minimum Gasteiger partial charge on any atom is -0.430 e. The van der Waals surface area contributed by atoms with Crippen LogP contribution >= 0.6 is 0 Å². The Morgan fingerprint density at radius 3 is 2.50 bits per heavy atom. The molecule has 0 fully saturated rings. The number of rotatable bonds is 1. The van der Waals surface area contributed by atoms with Crippen molar-refractivity contribution in [3.05, 3.63) is 35.1 Å². The molecule has 0 saturated heterocycles. The second-order valence-electron chi connectivity index (χ2n) is 6.11. The van der Waals surface area contributed by atoms with Gasteiger partial charge in [-0.2, -0.15) is 0 Å². The van der Waals surface area contributed by atoms with Crippen LogP contribution in [-0.4, -0.2) is 5.97 Å². The largest absolute Gasteiger partial charge is 0.430 e. The highest BCUT2D eigenvalue weighted by Gasteiger charge is 2.24. The molecule has 0 aromatic heterocycles. The maximum absolute atomic E-state index is 11.9. The van der Waals surface area contributed by atoms with Gasteiger partial charge < -0.3 is 4.74 Å². The van der Waals surface area contributed by atoms with E-state index in [9.17, 15) is 4.79 Å². The van der Waals surface area contributed by atoms with E-state index in [1.165, 1.54) is 24.0 Å². The van der Waals surface area contributed by atoms with E-state index in [-0.39, 0.29) is 5.97 Å². The van der Waals surface area contributed by atoms with Gasteiger partial charge in [-0.05, 0) is 63.7 Å². The van der Waals surface area contributed by atoms with Gasteiger partial charge in [-0.25, -0.2) is 0 Å². The predicted molar refractivity (Wildman–Crippen MR) is 72.9 cm³/mol.